The zero-order valence-corrected chi connectivity index (χ0v) is 12.4. The molecule has 0 saturated heterocycles. The number of nitrogens with zero attached hydrogens (tertiary/aromatic N) is 3. The van der Waals surface area contributed by atoms with Crippen LogP contribution < -0.4 is 5.32 Å². The quantitative estimate of drug-likeness (QED) is 0.853. The monoisotopic (exact) mass is 276 g/mol. The molecule has 1 amide bonds. The molecule has 0 bridgehead atoms. The molecule has 0 atom stereocenters. The highest BCUT2D eigenvalue weighted by Crippen LogP contribution is 2.30. The van der Waals surface area contributed by atoms with Crippen molar-refractivity contribution in [3.63, 3.8) is 0 Å². The first kappa shape index (κ1) is 14.9. The van der Waals surface area contributed by atoms with Crippen molar-refractivity contribution in [2.75, 3.05) is 20.6 Å². The molecule has 2 rings (SSSR count). The van der Waals surface area contributed by atoms with Crippen LogP contribution in [-0.4, -0.2) is 47.0 Å². The summed E-state index contributed by atoms with van der Waals surface area (Å²) in [5.74, 6) is -0.0870. The number of rotatable bonds is 4. The van der Waals surface area contributed by atoms with Crippen LogP contribution in [-0.2, 0) is 0 Å². The molecule has 20 heavy (non-hydrogen) atoms. The van der Waals surface area contributed by atoms with Crippen LogP contribution >= 0.6 is 0 Å². The molecule has 5 nitrogen and oxygen atoms in total. The van der Waals surface area contributed by atoms with Crippen LogP contribution in [0, 0.1) is 0 Å². The van der Waals surface area contributed by atoms with E-state index in [-0.39, 0.29) is 11.4 Å². The Morgan fingerprint density at radius 1 is 1.20 bits per heavy atom. The van der Waals surface area contributed by atoms with E-state index in [2.05, 4.69) is 34.3 Å². The molecule has 0 aromatic carbocycles. The van der Waals surface area contributed by atoms with Gasteiger partial charge in [-0.2, -0.15) is 0 Å². The van der Waals surface area contributed by atoms with E-state index in [1.54, 1.807) is 12.4 Å². The van der Waals surface area contributed by atoms with Gasteiger partial charge in [-0.3, -0.25) is 4.79 Å². The first-order chi connectivity index (χ1) is 9.64. The molecule has 1 N–H and O–H groups in total. The second-order valence-electron chi connectivity index (χ2n) is 5.84. The zero-order chi connectivity index (χ0) is 14.4. The number of amides is 1. The summed E-state index contributed by atoms with van der Waals surface area (Å²) in [7, 11) is 4.23. The number of carbonyl (C=O) groups is 1. The Morgan fingerprint density at radius 2 is 1.80 bits per heavy atom. The molecule has 0 aliphatic heterocycles. The fourth-order valence-corrected chi connectivity index (χ4v) is 2.93. The standard InChI is InChI=1S/C15H24N4O/c1-19(2)15(7-5-3-4-6-8-15)11-18-14(20)13-9-16-12-17-10-13/h9-10,12H,3-8,11H2,1-2H3,(H,18,20). The van der Waals surface area contributed by atoms with Gasteiger partial charge in [0.15, 0.2) is 0 Å². The van der Waals surface area contributed by atoms with Crippen molar-refractivity contribution < 1.29 is 4.79 Å². The molecule has 0 unspecified atom stereocenters. The minimum atomic E-state index is -0.0870. The van der Waals surface area contributed by atoms with E-state index in [4.69, 9.17) is 0 Å². The van der Waals surface area contributed by atoms with Crippen molar-refractivity contribution in [3.05, 3.63) is 24.3 Å². The summed E-state index contributed by atoms with van der Waals surface area (Å²) in [6, 6.07) is 0. The van der Waals surface area contributed by atoms with Crippen LogP contribution in [0.4, 0.5) is 0 Å². The van der Waals surface area contributed by atoms with Crippen LogP contribution in [0.5, 0.6) is 0 Å². The predicted octanol–water partition coefficient (Wildman–Crippen LogP) is 1.86. The van der Waals surface area contributed by atoms with Crippen LogP contribution in [0.1, 0.15) is 48.9 Å². The highest BCUT2D eigenvalue weighted by atomic mass is 16.1. The van der Waals surface area contributed by atoms with Crippen molar-refractivity contribution in [1.82, 2.24) is 20.2 Å². The second-order valence-corrected chi connectivity index (χ2v) is 5.84. The molecule has 1 saturated carbocycles. The minimum Gasteiger partial charge on any atom is -0.350 e. The van der Waals surface area contributed by atoms with Gasteiger partial charge in [0.2, 0.25) is 0 Å². The van der Waals surface area contributed by atoms with E-state index in [1.807, 2.05) is 0 Å². The summed E-state index contributed by atoms with van der Waals surface area (Å²) in [6.45, 7) is 0.688. The molecule has 110 valence electrons. The topological polar surface area (TPSA) is 58.1 Å². The lowest BCUT2D eigenvalue weighted by molar-refractivity contribution is 0.0868. The molecule has 1 fully saturated rings. The van der Waals surface area contributed by atoms with E-state index >= 15 is 0 Å². The normalized spacial score (nSPS) is 18.6. The molecule has 1 aliphatic carbocycles. The maximum absolute atomic E-state index is 12.1. The van der Waals surface area contributed by atoms with Gasteiger partial charge >= 0.3 is 0 Å². The van der Waals surface area contributed by atoms with Crippen LogP contribution in [0.15, 0.2) is 18.7 Å². The van der Waals surface area contributed by atoms with Gasteiger partial charge in [0.25, 0.3) is 5.91 Å². The fraction of sp³-hybridized carbons (Fsp3) is 0.667. The Kier molecular flexibility index (Phi) is 5.06. The summed E-state index contributed by atoms with van der Waals surface area (Å²) in [5.41, 5.74) is 0.608. The second kappa shape index (κ2) is 6.79. The average molecular weight is 276 g/mol. The van der Waals surface area contributed by atoms with Crippen LogP contribution in [0.2, 0.25) is 0 Å². The van der Waals surface area contributed by atoms with Crippen molar-refractivity contribution >= 4 is 5.91 Å². The Labute approximate surface area is 120 Å². The first-order valence-electron chi connectivity index (χ1n) is 7.35. The molecule has 1 aliphatic rings. The van der Waals surface area contributed by atoms with Crippen molar-refractivity contribution in [2.45, 2.75) is 44.1 Å². The Morgan fingerprint density at radius 3 is 2.35 bits per heavy atom. The third kappa shape index (κ3) is 3.54. The summed E-state index contributed by atoms with van der Waals surface area (Å²) < 4.78 is 0. The van der Waals surface area contributed by atoms with Gasteiger partial charge < -0.3 is 10.2 Å². The van der Waals surface area contributed by atoms with Crippen molar-refractivity contribution in [1.29, 1.82) is 0 Å². The predicted molar refractivity (Wildman–Crippen MR) is 78.5 cm³/mol. The van der Waals surface area contributed by atoms with E-state index in [9.17, 15) is 4.79 Å². The molecule has 0 radical (unpaired) electrons. The number of hydrogen-bond acceptors (Lipinski definition) is 4. The van der Waals surface area contributed by atoms with Gasteiger partial charge in [-0.25, -0.2) is 9.97 Å². The highest BCUT2D eigenvalue weighted by Gasteiger charge is 2.33. The maximum atomic E-state index is 12.1. The molecule has 5 heteroatoms. The summed E-state index contributed by atoms with van der Waals surface area (Å²) in [4.78, 5) is 22.2. The minimum absolute atomic E-state index is 0.0851. The van der Waals surface area contributed by atoms with Gasteiger partial charge in [-0.05, 0) is 26.9 Å². The van der Waals surface area contributed by atoms with E-state index in [1.165, 1.54) is 32.0 Å². The number of nitrogens with one attached hydrogen (secondary N) is 1. The molecule has 1 heterocycles. The largest absolute Gasteiger partial charge is 0.350 e. The summed E-state index contributed by atoms with van der Waals surface area (Å²) in [5, 5.41) is 3.06. The van der Waals surface area contributed by atoms with Gasteiger partial charge in [-0.15, -0.1) is 0 Å². The number of hydrogen-bond donors (Lipinski definition) is 1. The maximum Gasteiger partial charge on any atom is 0.254 e. The SMILES string of the molecule is CN(C)C1(CNC(=O)c2cncnc2)CCCCCC1. The van der Waals surface area contributed by atoms with E-state index in [0.29, 0.717) is 12.1 Å². The van der Waals surface area contributed by atoms with Crippen molar-refractivity contribution in [3.8, 4) is 0 Å². The fourth-order valence-electron chi connectivity index (χ4n) is 2.93. The lowest BCUT2D eigenvalue weighted by Gasteiger charge is -2.39. The lowest BCUT2D eigenvalue weighted by Crippen LogP contribution is -2.52. The van der Waals surface area contributed by atoms with Crippen LogP contribution in [0.25, 0.3) is 0 Å². The molecule has 0 spiro atoms. The van der Waals surface area contributed by atoms with E-state index in [0.717, 1.165) is 12.8 Å². The molecule has 1 aromatic heterocycles. The third-order valence-corrected chi connectivity index (χ3v) is 4.38. The Hall–Kier alpha value is -1.49. The molecular formula is C15H24N4O. The van der Waals surface area contributed by atoms with Gasteiger partial charge in [0.05, 0.1) is 5.56 Å². The summed E-state index contributed by atoms with van der Waals surface area (Å²) in [6.07, 6.45) is 11.9. The average Bonchev–Trinajstić information content (AvgIpc) is 2.72. The Bertz CT molecular complexity index is 425. The van der Waals surface area contributed by atoms with Gasteiger partial charge in [0, 0.05) is 24.5 Å². The first-order valence-corrected chi connectivity index (χ1v) is 7.35. The number of aromatic nitrogens is 2. The Balaban J connectivity index is 2.00. The van der Waals surface area contributed by atoms with E-state index < -0.39 is 0 Å². The van der Waals surface area contributed by atoms with Gasteiger partial charge in [0.1, 0.15) is 6.33 Å². The van der Waals surface area contributed by atoms with Crippen LogP contribution in [0.3, 0.4) is 0 Å². The zero-order valence-electron chi connectivity index (χ0n) is 12.4. The molecule has 1 aromatic rings. The number of likely N-dealkylation sites (N-methyl/N-ethyl adjacent to an activating group) is 1. The van der Waals surface area contributed by atoms with Crippen molar-refractivity contribution in [2.24, 2.45) is 0 Å². The number of carbonyl (C=O) groups excluding carboxylic acids is 1. The molecular weight excluding hydrogens is 252 g/mol. The van der Waals surface area contributed by atoms with Gasteiger partial charge in [-0.1, -0.05) is 25.7 Å². The summed E-state index contributed by atoms with van der Waals surface area (Å²) >= 11 is 0. The third-order valence-electron chi connectivity index (χ3n) is 4.38. The lowest BCUT2D eigenvalue weighted by atomic mass is 9.88. The highest BCUT2D eigenvalue weighted by molar-refractivity contribution is 5.93. The smallest absolute Gasteiger partial charge is 0.254 e.